The average molecular weight is 246 g/mol. The maximum Gasteiger partial charge on any atom is 0.112 e. The van der Waals surface area contributed by atoms with Gasteiger partial charge in [-0.3, -0.25) is 0 Å². The van der Waals surface area contributed by atoms with Crippen LogP contribution in [-0.2, 0) is 4.74 Å². The molecule has 1 aliphatic heterocycles. The van der Waals surface area contributed by atoms with Gasteiger partial charge in [0, 0.05) is 12.5 Å². The Morgan fingerprint density at radius 3 is 2.72 bits per heavy atom. The summed E-state index contributed by atoms with van der Waals surface area (Å²) in [7, 11) is 0. The molecule has 98 valence electrons. The van der Waals surface area contributed by atoms with Crippen LogP contribution in [0.4, 0.5) is 0 Å². The monoisotopic (exact) mass is 246 g/mol. The Hall–Kier alpha value is -1.35. The molecular formula is C15H22N2O. The highest BCUT2D eigenvalue weighted by molar-refractivity contribution is 5.79. The van der Waals surface area contributed by atoms with Gasteiger partial charge in [-0.15, -0.1) is 0 Å². The van der Waals surface area contributed by atoms with E-state index in [1.165, 1.54) is 11.1 Å². The number of fused-ring (bicyclic) bond motifs is 1. The maximum atomic E-state index is 5.40. The molecule has 1 unspecified atom stereocenters. The minimum Gasteiger partial charge on any atom is -0.381 e. The van der Waals surface area contributed by atoms with E-state index in [1.54, 1.807) is 0 Å². The molecule has 3 nitrogen and oxygen atoms in total. The third-order valence-corrected chi connectivity index (χ3v) is 3.26. The molecule has 3 rings (SSSR count). The number of hydrogen-bond acceptors (Lipinski definition) is 2. The average Bonchev–Trinajstić information content (AvgIpc) is 2.98. The van der Waals surface area contributed by atoms with Gasteiger partial charge in [0.2, 0.25) is 0 Å². The molecule has 3 heteroatoms. The molecule has 0 radical (unpaired) electrons. The van der Waals surface area contributed by atoms with Gasteiger partial charge in [0.15, 0.2) is 0 Å². The molecule has 0 saturated carbocycles. The second-order valence-corrected chi connectivity index (χ2v) is 4.66. The van der Waals surface area contributed by atoms with E-state index in [0.717, 1.165) is 36.5 Å². The van der Waals surface area contributed by atoms with Gasteiger partial charge >= 0.3 is 0 Å². The lowest BCUT2D eigenvalue weighted by Gasteiger charge is -2.00. The number of rotatable bonds is 1. The van der Waals surface area contributed by atoms with Gasteiger partial charge in [-0.05, 0) is 37.5 Å². The lowest BCUT2D eigenvalue weighted by molar-refractivity contribution is 0.193. The summed E-state index contributed by atoms with van der Waals surface area (Å²) in [6, 6.07) is 4.34. The first-order valence-electron chi connectivity index (χ1n) is 6.78. The highest BCUT2D eigenvalue weighted by atomic mass is 16.5. The third-order valence-electron chi connectivity index (χ3n) is 3.26. The van der Waals surface area contributed by atoms with Crippen LogP contribution in [-0.4, -0.2) is 23.2 Å². The summed E-state index contributed by atoms with van der Waals surface area (Å²) in [5, 5.41) is 0. The fourth-order valence-corrected chi connectivity index (χ4v) is 2.43. The van der Waals surface area contributed by atoms with Gasteiger partial charge in [0.1, 0.15) is 5.82 Å². The van der Waals surface area contributed by atoms with Gasteiger partial charge in [-0.1, -0.05) is 19.9 Å². The molecule has 2 aromatic rings. The molecule has 0 aliphatic carbocycles. The number of imidazole rings is 1. The predicted octanol–water partition coefficient (Wildman–Crippen LogP) is 3.71. The first-order valence-corrected chi connectivity index (χ1v) is 6.78. The van der Waals surface area contributed by atoms with Crippen LogP contribution in [0.15, 0.2) is 12.1 Å². The van der Waals surface area contributed by atoms with Crippen molar-refractivity contribution < 1.29 is 4.74 Å². The molecule has 1 N–H and O–H groups in total. The summed E-state index contributed by atoms with van der Waals surface area (Å²) < 4.78 is 5.40. The Balaban J connectivity index is 0.000000574. The first-order chi connectivity index (χ1) is 8.74. The van der Waals surface area contributed by atoms with Crippen LogP contribution in [0.25, 0.3) is 11.0 Å². The van der Waals surface area contributed by atoms with Crippen LogP contribution in [0.5, 0.6) is 0 Å². The molecule has 0 bridgehead atoms. The molecule has 0 amide bonds. The quantitative estimate of drug-likeness (QED) is 0.833. The van der Waals surface area contributed by atoms with Crippen molar-refractivity contribution in [2.75, 3.05) is 13.2 Å². The zero-order valence-corrected chi connectivity index (χ0v) is 11.7. The smallest absolute Gasteiger partial charge is 0.112 e. The van der Waals surface area contributed by atoms with Crippen molar-refractivity contribution >= 4 is 11.0 Å². The number of nitrogens with zero attached hydrogens (tertiary/aromatic N) is 1. The number of aromatic nitrogens is 2. The molecule has 1 atom stereocenters. The number of nitrogens with one attached hydrogen (secondary N) is 1. The van der Waals surface area contributed by atoms with E-state index in [4.69, 9.17) is 9.72 Å². The van der Waals surface area contributed by atoms with Crippen LogP contribution in [0.2, 0.25) is 0 Å². The summed E-state index contributed by atoms with van der Waals surface area (Å²) in [5.74, 6) is 1.54. The summed E-state index contributed by atoms with van der Waals surface area (Å²) in [6.07, 6.45) is 1.08. The highest BCUT2D eigenvalue weighted by Crippen LogP contribution is 2.26. The van der Waals surface area contributed by atoms with Crippen LogP contribution in [0.3, 0.4) is 0 Å². The van der Waals surface area contributed by atoms with E-state index < -0.39 is 0 Å². The fourth-order valence-electron chi connectivity index (χ4n) is 2.43. The lowest BCUT2D eigenvalue weighted by Crippen LogP contribution is -1.99. The van der Waals surface area contributed by atoms with E-state index in [0.29, 0.717) is 5.92 Å². The third kappa shape index (κ3) is 2.41. The normalized spacial score (nSPS) is 18.8. The molecule has 0 spiro atoms. The fraction of sp³-hybridized carbons (Fsp3) is 0.533. The number of H-pyrrole nitrogens is 1. The standard InChI is InChI=1S/C13H16N2O.C2H6/c1-8-5-9(2)12-11(6-8)14-13(15-12)10-3-4-16-7-10;1-2/h5-6,10H,3-4,7H2,1-2H3,(H,14,15);1-2H3. The first kappa shape index (κ1) is 13.1. The number of ether oxygens (including phenoxy) is 1. The molecule has 18 heavy (non-hydrogen) atoms. The van der Waals surface area contributed by atoms with Crippen LogP contribution in [0, 0.1) is 13.8 Å². The zero-order chi connectivity index (χ0) is 13.1. The maximum absolute atomic E-state index is 5.40. The van der Waals surface area contributed by atoms with Crippen molar-refractivity contribution in [3.8, 4) is 0 Å². The molecule has 2 heterocycles. The second-order valence-electron chi connectivity index (χ2n) is 4.66. The summed E-state index contributed by atoms with van der Waals surface area (Å²) >= 11 is 0. The van der Waals surface area contributed by atoms with E-state index in [9.17, 15) is 0 Å². The van der Waals surface area contributed by atoms with Crippen molar-refractivity contribution in [2.24, 2.45) is 0 Å². The number of benzene rings is 1. The van der Waals surface area contributed by atoms with Crippen molar-refractivity contribution in [3.05, 3.63) is 29.1 Å². The van der Waals surface area contributed by atoms with Gasteiger partial charge in [0.05, 0.1) is 17.6 Å². The summed E-state index contributed by atoms with van der Waals surface area (Å²) in [4.78, 5) is 8.13. The SMILES string of the molecule is CC.Cc1cc(C)c2nc(C3CCOC3)[nH]c2c1. The molecule has 1 saturated heterocycles. The zero-order valence-electron chi connectivity index (χ0n) is 11.7. The van der Waals surface area contributed by atoms with Crippen molar-refractivity contribution in [3.63, 3.8) is 0 Å². The molecule has 1 fully saturated rings. The van der Waals surface area contributed by atoms with Crippen LogP contribution >= 0.6 is 0 Å². The van der Waals surface area contributed by atoms with Crippen molar-refractivity contribution in [1.29, 1.82) is 0 Å². The highest BCUT2D eigenvalue weighted by Gasteiger charge is 2.21. The van der Waals surface area contributed by atoms with Gasteiger partial charge < -0.3 is 9.72 Å². The Morgan fingerprint density at radius 1 is 1.28 bits per heavy atom. The van der Waals surface area contributed by atoms with Crippen LogP contribution in [0.1, 0.15) is 43.1 Å². The van der Waals surface area contributed by atoms with Crippen molar-refractivity contribution in [2.45, 2.75) is 40.0 Å². The number of hydrogen-bond donors (Lipinski definition) is 1. The summed E-state index contributed by atoms with van der Waals surface area (Å²) in [6.45, 7) is 9.90. The van der Waals surface area contributed by atoms with Crippen molar-refractivity contribution in [1.82, 2.24) is 9.97 Å². The molecule has 1 aliphatic rings. The van der Waals surface area contributed by atoms with E-state index >= 15 is 0 Å². The lowest BCUT2D eigenvalue weighted by atomic mass is 10.1. The Bertz CT molecular complexity index is 525. The largest absolute Gasteiger partial charge is 0.381 e. The molecule has 1 aromatic carbocycles. The van der Waals surface area contributed by atoms with E-state index in [2.05, 4.69) is 31.0 Å². The topological polar surface area (TPSA) is 37.9 Å². The van der Waals surface area contributed by atoms with E-state index in [1.807, 2.05) is 13.8 Å². The van der Waals surface area contributed by atoms with E-state index in [-0.39, 0.29) is 0 Å². The van der Waals surface area contributed by atoms with Gasteiger partial charge in [0.25, 0.3) is 0 Å². The second kappa shape index (κ2) is 5.53. The van der Waals surface area contributed by atoms with Gasteiger partial charge in [-0.25, -0.2) is 4.98 Å². The van der Waals surface area contributed by atoms with Gasteiger partial charge in [-0.2, -0.15) is 0 Å². The number of aromatic amines is 1. The molecule has 1 aromatic heterocycles. The van der Waals surface area contributed by atoms with Crippen LogP contribution < -0.4 is 0 Å². The summed E-state index contributed by atoms with van der Waals surface area (Å²) in [5.41, 5.74) is 4.78. The molecular weight excluding hydrogens is 224 g/mol. The Kier molecular flexibility index (Phi) is 4.02. The minimum absolute atomic E-state index is 0.451. The minimum atomic E-state index is 0.451. The predicted molar refractivity (Wildman–Crippen MR) is 75.1 cm³/mol. The number of aryl methyl sites for hydroxylation is 2. The Labute approximate surface area is 109 Å². The Morgan fingerprint density at radius 2 is 2.06 bits per heavy atom.